The van der Waals surface area contributed by atoms with Crippen LogP contribution in [0.3, 0.4) is 0 Å². The first-order chi connectivity index (χ1) is 13.1. The minimum absolute atomic E-state index is 0.171. The van der Waals surface area contributed by atoms with Crippen molar-refractivity contribution in [1.29, 1.82) is 0 Å². The van der Waals surface area contributed by atoms with Gasteiger partial charge < -0.3 is 9.32 Å². The fraction of sp³-hybridized carbons (Fsp3) is 0.600. The number of hydrogen-bond donors (Lipinski definition) is 0. The molecule has 2 aliphatic carbocycles. The fourth-order valence-corrected chi connectivity index (χ4v) is 3.98. The first kappa shape index (κ1) is 16.7. The minimum atomic E-state index is -0.502. The van der Waals surface area contributed by atoms with Crippen molar-refractivity contribution < 1.29 is 9.21 Å². The average molecular weight is 368 g/mol. The van der Waals surface area contributed by atoms with Gasteiger partial charge in [-0.3, -0.25) is 4.79 Å². The maximum absolute atomic E-state index is 13.0. The van der Waals surface area contributed by atoms with E-state index in [2.05, 4.69) is 10.1 Å². The van der Waals surface area contributed by atoms with Gasteiger partial charge >= 0.3 is 5.63 Å². The second-order valence-corrected chi connectivity index (χ2v) is 8.05. The zero-order chi connectivity index (χ0) is 18.5. The van der Waals surface area contributed by atoms with E-state index in [0.717, 1.165) is 30.3 Å². The molecule has 1 amide bonds. The lowest BCUT2D eigenvalue weighted by atomic mass is 9.83. The van der Waals surface area contributed by atoms with E-state index >= 15 is 0 Å². The molecule has 0 spiro atoms. The molecule has 5 rings (SSSR count). The van der Waals surface area contributed by atoms with Gasteiger partial charge in [0.15, 0.2) is 5.82 Å². The summed E-state index contributed by atoms with van der Waals surface area (Å²) in [5.74, 6) is 3.25. The van der Waals surface area contributed by atoms with E-state index in [0.29, 0.717) is 43.5 Å². The van der Waals surface area contributed by atoms with E-state index in [-0.39, 0.29) is 11.5 Å². The third-order valence-electron chi connectivity index (χ3n) is 6.07. The van der Waals surface area contributed by atoms with Crippen LogP contribution in [0.1, 0.15) is 77.3 Å². The van der Waals surface area contributed by atoms with Crippen molar-refractivity contribution in [2.45, 2.75) is 63.8 Å². The van der Waals surface area contributed by atoms with Crippen LogP contribution in [0.4, 0.5) is 0 Å². The molecule has 7 heteroatoms. The number of carbonyl (C=O) groups excluding carboxylic acids is 1. The summed E-state index contributed by atoms with van der Waals surface area (Å²) in [5, 5.41) is 4.61. The van der Waals surface area contributed by atoms with Gasteiger partial charge in [-0.2, -0.15) is 5.10 Å². The van der Waals surface area contributed by atoms with Crippen molar-refractivity contribution in [3.63, 3.8) is 0 Å². The molecule has 1 aliphatic heterocycles. The molecule has 0 aromatic carbocycles. The third kappa shape index (κ3) is 2.99. The Morgan fingerprint density at radius 3 is 2.63 bits per heavy atom. The zero-order valence-corrected chi connectivity index (χ0v) is 15.6. The highest BCUT2D eigenvalue weighted by molar-refractivity contribution is 5.95. The predicted octanol–water partition coefficient (Wildman–Crippen LogP) is 2.38. The Kier molecular flexibility index (Phi) is 3.91. The van der Waals surface area contributed by atoms with Crippen molar-refractivity contribution in [3.8, 4) is 0 Å². The highest BCUT2D eigenvalue weighted by atomic mass is 16.4. The smallest absolute Gasteiger partial charge is 0.349 e. The van der Waals surface area contributed by atoms with Gasteiger partial charge in [0, 0.05) is 31.3 Å². The molecule has 0 unspecified atom stereocenters. The molecule has 2 fully saturated rings. The predicted molar refractivity (Wildman–Crippen MR) is 97.9 cm³/mol. The number of nitrogens with zero attached hydrogens (tertiary/aromatic N) is 4. The zero-order valence-electron chi connectivity index (χ0n) is 15.6. The summed E-state index contributed by atoms with van der Waals surface area (Å²) in [6.45, 7) is 3.53. The topological polar surface area (TPSA) is 81.2 Å². The number of hydrogen-bond acceptors (Lipinski definition) is 5. The Morgan fingerprint density at radius 1 is 1.15 bits per heavy atom. The van der Waals surface area contributed by atoms with E-state index < -0.39 is 5.63 Å². The molecular formula is C20H24N4O3. The standard InChI is InChI=1S/C20H24N4O3/c1-12-11-15(13-3-2-4-13)27-20(26)17(12)19(25)23-8-7-16-21-18(14-5-6-14)22-24(16)10-9-23/h11,13-14H,2-10H2,1H3. The van der Waals surface area contributed by atoms with E-state index in [1.807, 2.05) is 17.7 Å². The Morgan fingerprint density at radius 2 is 1.96 bits per heavy atom. The Labute approximate surface area is 157 Å². The number of rotatable bonds is 3. The molecule has 0 radical (unpaired) electrons. The summed E-state index contributed by atoms with van der Waals surface area (Å²) in [6.07, 6.45) is 6.31. The average Bonchev–Trinajstić information content (AvgIpc) is 3.37. The van der Waals surface area contributed by atoms with Crippen molar-refractivity contribution in [3.05, 3.63) is 45.0 Å². The van der Waals surface area contributed by atoms with E-state index in [1.165, 1.54) is 19.3 Å². The van der Waals surface area contributed by atoms with E-state index in [9.17, 15) is 9.59 Å². The van der Waals surface area contributed by atoms with Crippen molar-refractivity contribution >= 4 is 5.91 Å². The number of aromatic nitrogens is 3. The number of fused-ring (bicyclic) bond motifs is 1. The third-order valence-corrected chi connectivity index (χ3v) is 6.07. The van der Waals surface area contributed by atoms with Crippen LogP contribution in [0.5, 0.6) is 0 Å². The van der Waals surface area contributed by atoms with Gasteiger partial charge in [0.25, 0.3) is 5.91 Å². The van der Waals surface area contributed by atoms with Gasteiger partial charge in [-0.15, -0.1) is 0 Å². The van der Waals surface area contributed by atoms with Crippen LogP contribution in [0.25, 0.3) is 0 Å². The summed E-state index contributed by atoms with van der Waals surface area (Å²) in [7, 11) is 0. The lowest BCUT2D eigenvalue weighted by molar-refractivity contribution is 0.0752. The van der Waals surface area contributed by atoms with Crippen molar-refractivity contribution in [1.82, 2.24) is 19.7 Å². The Bertz CT molecular complexity index is 927. The molecule has 0 atom stereocenters. The summed E-state index contributed by atoms with van der Waals surface area (Å²) >= 11 is 0. The van der Waals surface area contributed by atoms with Crippen LogP contribution < -0.4 is 5.63 Å². The summed E-state index contributed by atoms with van der Waals surface area (Å²) in [6, 6.07) is 1.88. The molecule has 7 nitrogen and oxygen atoms in total. The van der Waals surface area contributed by atoms with Crippen LogP contribution >= 0.6 is 0 Å². The highest BCUT2D eigenvalue weighted by Crippen LogP contribution is 2.38. The van der Waals surface area contributed by atoms with Gasteiger partial charge in [-0.25, -0.2) is 14.5 Å². The minimum Gasteiger partial charge on any atom is -0.427 e. The molecular weight excluding hydrogens is 344 g/mol. The van der Waals surface area contributed by atoms with Crippen LogP contribution in [-0.4, -0.2) is 38.7 Å². The van der Waals surface area contributed by atoms with Crippen molar-refractivity contribution in [2.24, 2.45) is 0 Å². The molecule has 0 N–H and O–H groups in total. The maximum atomic E-state index is 13.0. The van der Waals surface area contributed by atoms with Gasteiger partial charge in [0.05, 0.1) is 6.54 Å². The fourth-order valence-electron chi connectivity index (χ4n) is 3.98. The number of carbonyl (C=O) groups is 1. The van der Waals surface area contributed by atoms with Crippen LogP contribution in [-0.2, 0) is 13.0 Å². The lowest BCUT2D eigenvalue weighted by Crippen LogP contribution is -2.37. The molecule has 3 aliphatic rings. The largest absolute Gasteiger partial charge is 0.427 e. The maximum Gasteiger partial charge on any atom is 0.349 e. The Balaban J connectivity index is 1.35. The molecule has 27 heavy (non-hydrogen) atoms. The highest BCUT2D eigenvalue weighted by Gasteiger charge is 2.31. The quantitative estimate of drug-likeness (QED) is 0.831. The molecule has 142 valence electrons. The first-order valence-electron chi connectivity index (χ1n) is 9.97. The first-order valence-corrected chi connectivity index (χ1v) is 9.97. The molecule has 2 aromatic rings. The molecule has 2 aromatic heterocycles. The number of aryl methyl sites for hydroxylation is 1. The number of amides is 1. The van der Waals surface area contributed by atoms with Crippen LogP contribution in [0.15, 0.2) is 15.3 Å². The molecule has 0 bridgehead atoms. The molecule has 3 heterocycles. The SMILES string of the molecule is Cc1cc(C2CCC2)oc(=O)c1C(=O)N1CCc2nc(C3CC3)nn2CC1. The second kappa shape index (κ2) is 6.32. The van der Waals surface area contributed by atoms with Gasteiger partial charge in [-0.05, 0) is 44.2 Å². The summed E-state index contributed by atoms with van der Waals surface area (Å²) in [5.41, 5.74) is 0.386. The summed E-state index contributed by atoms with van der Waals surface area (Å²) in [4.78, 5) is 31.9. The van der Waals surface area contributed by atoms with E-state index in [4.69, 9.17) is 4.42 Å². The van der Waals surface area contributed by atoms with Gasteiger partial charge in [-0.1, -0.05) is 6.42 Å². The van der Waals surface area contributed by atoms with Gasteiger partial charge in [0.2, 0.25) is 0 Å². The van der Waals surface area contributed by atoms with Gasteiger partial charge in [0.1, 0.15) is 17.1 Å². The molecule has 0 saturated heterocycles. The summed E-state index contributed by atoms with van der Waals surface area (Å²) < 4.78 is 7.43. The monoisotopic (exact) mass is 368 g/mol. The second-order valence-electron chi connectivity index (χ2n) is 8.05. The van der Waals surface area contributed by atoms with Crippen LogP contribution in [0, 0.1) is 6.92 Å². The molecule has 2 saturated carbocycles. The normalized spacial score (nSPS) is 20.1. The lowest BCUT2D eigenvalue weighted by Gasteiger charge is -2.25. The van der Waals surface area contributed by atoms with E-state index in [1.54, 1.807) is 4.90 Å². The van der Waals surface area contributed by atoms with Crippen LogP contribution in [0.2, 0.25) is 0 Å². The Hall–Kier alpha value is -2.44. The van der Waals surface area contributed by atoms with Crippen molar-refractivity contribution in [2.75, 3.05) is 13.1 Å².